The summed E-state index contributed by atoms with van der Waals surface area (Å²) in [6, 6.07) is 10.1. The fraction of sp³-hybridized carbons (Fsp3) is 0.474. The smallest absolute Gasteiger partial charge is 0.262 e. The van der Waals surface area contributed by atoms with Crippen LogP contribution in [0.3, 0.4) is 0 Å². The first-order chi connectivity index (χ1) is 13.0. The summed E-state index contributed by atoms with van der Waals surface area (Å²) in [4.78, 5) is 16.4. The molecule has 146 valence electrons. The van der Waals surface area contributed by atoms with Gasteiger partial charge in [-0.05, 0) is 31.2 Å². The Labute approximate surface area is 160 Å². The van der Waals surface area contributed by atoms with Gasteiger partial charge < -0.3 is 9.88 Å². The van der Waals surface area contributed by atoms with Gasteiger partial charge >= 0.3 is 0 Å². The van der Waals surface area contributed by atoms with Crippen LogP contribution in [0.25, 0.3) is 0 Å². The zero-order valence-electron chi connectivity index (χ0n) is 15.5. The van der Waals surface area contributed by atoms with Gasteiger partial charge in [-0.1, -0.05) is 30.3 Å². The zero-order chi connectivity index (χ0) is 19.3. The van der Waals surface area contributed by atoms with E-state index in [1.54, 1.807) is 11.6 Å². The third-order valence-electron chi connectivity index (χ3n) is 4.82. The van der Waals surface area contributed by atoms with Crippen LogP contribution in [-0.2, 0) is 28.3 Å². The molecule has 1 aliphatic rings. The molecule has 2 heterocycles. The number of carbonyl (C=O) groups excluding carboxylic acids is 1. The molecule has 0 spiro atoms. The minimum absolute atomic E-state index is 0.0360. The van der Waals surface area contributed by atoms with Crippen LogP contribution in [0.4, 0.5) is 0 Å². The number of nitrogens with one attached hydrogen (secondary N) is 1. The van der Waals surface area contributed by atoms with Gasteiger partial charge in [-0.15, -0.1) is 0 Å². The molecule has 1 N–H and O–H groups in total. The first-order valence-electron chi connectivity index (χ1n) is 9.26. The Hall–Kier alpha value is -2.19. The van der Waals surface area contributed by atoms with Crippen LogP contribution >= 0.6 is 0 Å². The Morgan fingerprint density at radius 1 is 1.30 bits per heavy atom. The number of sulfonamides is 1. The molecule has 27 heavy (non-hydrogen) atoms. The fourth-order valence-corrected chi connectivity index (χ4v) is 4.81. The molecule has 0 saturated carbocycles. The van der Waals surface area contributed by atoms with Crippen molar-refractivity contribution < 1.29 is 13.2 Å². The highest BCUT2D eigenvalue weighted by Crippen LogP contribution is 2.23. The Kier molecular flexibility index (Phi) is 6.28. The Balaban J connectivity index is 1.50. The maximum Gasteiger partial charge on any atom is 0.262 e. The van der Waals surface area contributed by atoms with Crippen molar-refractivity contribution >= 4 is 15.9 Å². The zero-order valence-corrected chi connectivity index (χ0v) is 16.4. The summed E-state index contributed by atoms with van der Waals surface area (Å²) in [6.45, 7) is 1.23. The molecule has 2 aromatic rings. The molecule has 0 aliphatic carbocycles. The second kappa shape index (κ2) is 8.67. The number of imidazole rings is 1. The largest absolute Gasteiger partial charge is 0.356 e. The number of aryl methyl sites for hydroxylation is 2. The van der Waals surface area contributed by atoms with Crippen molar-refractivity contribution in [2.24, 2.45) is 13.0 Å². The van der Waals surface area contributed by atoms with E-state index in [2.05, 4.69) is 22.4 Å². The van der Waals surface area contributed by atoms with E-state index in [1.807, 2.05) is 18.2 Å². The van der Waals surface area contributed by atoms with Gasteiger partial charge in [0.05, 0.1) is 12.2 Å². The van der Waals surface area contributed by atoms with Gasteiger partial charge in [0, 0.05) is 32.9 Å². The van der Waals surface area contributed by atoms with Crippen molar-refractivity contribution in [1.82, 2.24) is 19.2 Å². The normalized spacial score (nSPS) is 18.3. The van der Waals surface area contributed by atoms with Gasteiger partial charge in [-0.25, -0.2) is 13.4 Å². The second-order valence-electron chi connectivity index (χ2n) is 6.96. The lowest BCUT2D eigenvalue weighted by Crippen LogP contribution is -2.45. The number of hydrogen-bond donors (Lipinski definition) is 1. The molecule has 3 rings (SSSR count). The minimum atomic E-state index is -3.65. The summed E-state index contributed by atoms with van der Waals surface area (Å²) in [5, 5.41) is 2.99. The molecule has 1 atom stereocenters. The van der Waals surface area contributed by atoms with E-state index >= 15 is 0 Å². The average Bonchev–Trinajstić information content (AvgIpc) is 3.13. The maximum atomic E-state index is 12.7. The van der Waals surface area contributed by atoms with E-state index in [0.717, 1.165) is 12.8 Å². The minimum Gasteiger partial charge on any atom is -0.356 e. The number of aromatic nitrogens is 2. The molecular weight excluding hydrogens is 364 g/mol. The van der Waals surface area contributed by atoms with E-state index in [-0.39, 0.29) is 23.4 Å². The van der Waals surface area contributed by atoms with Crippen molar-refractivity contribution in [2.45, 2.75) is 30.7 Å². The van der Waals surface area contributed by atoms with Gasteiger partial charge in [-0.3, -0.25) is 4.79 Å². The molecule has 7 nitrogen and oxygen atoms in total. The van der Waals surface area contributed by atoms with Gasteiger partial charge in [0.25, 0.3) is 10.0 Å². The van der Waals surface area contributed by atoms with Crippen molar-refractivity contribution in [3.05, 3.63) is 48.4 Å². The molecule has 1 fully saturated rings. The molecule has 1 aromatic carbocycles. The van der Waals surface area contributed by atoms with Gasteiger partial charge in [0.1, 0.15) is 0 Å². The maximum absolute atomic E-state index is 12.7. The molecule has 1 aromatic heterocycles. The first-order valence-corrected chi connectivity index (χ1v) is 10.7. The molecule has 0 bridgehead atoms. The lowest BCUT2D eigenvalue weighted by atomic mass is 9.99. The van der Waals surface area contributed by atoms with Crippen LogP contribution in [0.15, 0.2) is 47.9 Å². The molecule has 0 radical (unpaired) electrons. The van der Waals surface area contributed by atoms with E-state index in [9.17, 15) is 13.2 Å². The molecular formula is C19H26N4O3S. The van der Waals surface area contributed by atoms with Gasteiger partial charge in [-0.2, -0.15) is 4.31 Å². The van der Waals surface area contributed by atoms with Gasteiger partial charge in [0.15, 0.2) is 5.03 Å². The summed E-state index contributed by atoms with van der Waals surface area (Å²) in [5.74, 6) is -0.377. The number of hydrogen-bond acceptors (Lipinski definition) is 4. The van der Waals surface area contributed by atoms with Crippen LogP contribution in [0.2, 0.25) is 0 Å². The number of nitrogens with zero attached hydrogens (tertiary/aromatic N) is 3. The van der Waals surface area contributed by atoms with Crippen molar-refractivity contribution in [3.63, 3.8) is 0 Å². The van der Waals surface area contributed by atoms with E-state index in [4.69, 9.17) is 0 Å². The third-order valence-corrected chi connectivity index (χ3v) is 6.58. The Bertz CT molecular complexity index is 864. The van der Waals surface area contributed by atoms with Crippen molar-refractivity contribution in [2.75, 3.05) is 19.6 Å². The number of amides is 1. The van der Waals surface area contributed by atoms with Crippen molar-refractivity contribution in [3.8, 4) is 0 Å². The monoisotopic (exact) mass is 390 g/mol. The number of carbonyl (C=O) groups is 1. The lowest BCUT2D eigenvalue weighted by Gasteiger charge is -2.30. The predicted octanol–water partition coefficient (Wildman–Crippen LogP) is 1.57. The third kappa shape index (κ3) is 4.95. The standard InChI is InChI=1S/C19H26N4O3S/c1-22-14-18(21-15-22)27(25,26)23-12-6-10-17(13-23)19(24)20-11-5-9-16-7-3-2-4-8-16/h2-4,7-8,14-15,17H,5-6,9-13H2,1H3,(H,20,24)/t17-/m0/s1. The highest BCUT2D eigenvalue weighted by atomic mass is 32.2. The van der Waals surface area contributed by atoms with E-state index in [0.29, 0.717) is 25.9 Å². The van der Waals surface area contributed by atoms with Crippen LogP contribution < -0.4 is 5.32 Å². The summed E-state index contributed by atoms with van der Waals surface area (Å²) < 4.78 is 28.4. The number of piperidine rings is 1. The van der Waals surface area contributed by atoms with E-state index < -0.39 is 10.0 Å². The lowest BCUT2D eigenvalue weighted by molar-refractivity contribution is -0.126. The molecule has 1 amide bonds. The van der Waals surface area contributed by atoms with Crippen LogP contribution in [0.1, 0.15) is 24.8 Å². The molecule has 0 unspecified atom stereocenters. The number of benzene rings is 1. The summed E-state index contributed by atoms with van der Waals surface area (Å²) >= 11 is 0. The van der Waals surface area contributed by atoms with E-state index in [1.165, 1.54) is 22.4 Å². The predicted molar refractivity (Wildman–Crippen MR) is 102 cm³/mol. The first kappa shape index (κ1) is 19.6. The van der Waals surface area contributed by atoms with Crippen molar-refractivity contribution in [1.29, 1.82) is 0 Å². The molecule has 8 heteroatoms. The topological polar surface area (TPSA) is 84.3 Å². The van der Waals surface area contributed by atoms with Crippen LogP contribution in [0.5, 0.6) is 0 Å². The Morgan fingerprint density at radius 3 is 2.78 bits per heavy atom. The summed E-state index contributed by atoms with van der Waals surface area (Å²) in [7, 11) is -1.92. The second-order valence-corrected chi connectivity index (χ2v) is 8.84. The highest BCUT2D eigenvalue weighted by molar-refractivity contribution is 7.89. The molecule has 1 saturated heterocycles. The van der Waals surface area contributed by atoms with Crippen LogP contribution in [-0.4, -0.2) is 47.8 Å². The summed E-state index contributed by atoms with van der Waals surface area (Å²) in [6.07, 6.45) is 6.10. The quantitative estimate of drug-likeness (QED) is 0.728. The van der Waals surface area contributed by atoms with Crippen LogP contribution in [0, 0.1) is 5.92 Å². The Morgan fingerprint density at radius 2 is 2.07 bits per heavy atom. The SMILES string of the molecule is Cn1cnc(S(=O)(=O)N2CCC[C@H](C(=O)NCCCc3ccccc3)C2)c1. The summed E-state index contributed by atoms with van der Waals surface area (Å²) in [5.41, 5.74) is 1.25. The fourth-order valence-electron chi connectivity index (χ4n) is 3.32. The molecule has 1 aliphatic heterocycles. The average molecular weight is 391 g/mol. The number of rotatable bonds is 7. The van der Waals surface area contributed by atoms with Gasteiger partial charge in [0.2, 0.25) is 5.91 Å². The highest BCUT2D eigenvalue weighted by Gasteiger charge is 2.34.